The minimum Gasteiger partial charge on any atom is -0.383 e. The van der Waals surface area contributed by atoms with Gasteiger partial charge in [-0.25, -0.2) is 15.0 Å². The van der Waals surface area contributed by atoms with Gasteiger partial charge in [0.15, 0.2) is 0 Å². The van der Waals surface area contributed by atoms with Gasteiger partial charge in [0.2, 0.25) is 0 Å². The van der Waals surface area contributed by atoms with Gasteiger partial charge in [0.1, 0.15) is 23.7 Å². The summed E-state index contributed by atoms with van der Waals surface area (Å²) in [5.74, 6) is 1.50. The molecule has 132 valence electrons. The Morgan fingerprint density at radius 3 is 2.76 bits per heavy atom. The number of nitrogens with zero attached hydrogens (tertiary/aromatic N) is 5. The number of nitrogens with one attached hydrogen (secondary N) is 1. The zero-order valence-electron chi connectivity index (χ0n) is 14.3. The van der Waals surface area contributed by atoms with Crippen LogP contribution in [0.5, 0.6) is 0 Å². The maximum absolute atomic E-state index is 12.7. The number of pyridine rings is 1. The third-order valence-electron chi connectivity index (χ3n) is 4.04. The van der Waals surface area contributed by atoms with Crippen molar-refractivity contribution in [1.82, 2.24) is 19.9 Å². The number of anilines is 2. The van der Waals surface area contributed by atoms with E-state index in [9.17, 15) is 4.79 Å². The van der Waals surface area contributed by atoms with Gasteiger partial charge in [-0.2, -0.15) is 0 Å². The average molecular weight is 342 g/mol. The van der Waals surface area contributed by atoms with E-state index in [2.05, 4.69) is 25.2 Å². The normalized spacial score (nSPS) is 14.4. The van der Waals surface area contributed by atoms with Gasteiger partial charge in [-0.05, 0) is 12.1 Å². The smallest absolute Gasteiger partial charge is 0.272 e. The number of carbonyl (C=O) groups excluding carboxylic acids is 1. The van der Waals surface area contributed by atoms with E-state index >= 15 is 0 Å². The molecule has 3 heterocycles. The van der Waals surface area contributed by atoms with Crippen LogP contribution in [0.3, 0.4) is 0 Å². The Balaban J connectivity index is 1.58. The molecular weight excluding hydrogens is 320 g/mol. The molecule has 1 aliphatic heterocycles. The Bertz CT molecular complexity index is 689. The fraction of sp³-hybridized carbons (Fsp3) is 0.412. The van der Waals surface area contributed by atoms with Crippen LogP contribution < -0.4 is 10.2 Å². The van der Waals surface area contributed by atoms with Crippen molar-refractivity contribution in [2.75, 3.05) is 56.7 Å². The molecule has 0 radical (unpaired) electrons. The summed E-state index contributed by atoms with van der Waals surface area (Å²) in [6.07, 6.45) is 3.19. The molecule has 1 saturated heterocycles. The number of piperazine rings is 1. The number of amides is 1. The summed E-state index contributed by atoms with van der Waals surface area (Å²) in [4.78, 5) is 29.3. The van der Waals surface area contributed by atoms with Crippen LogP contribution in [-0.4, -0.2) is 72.2 Å². The Morgan fingerprint density at radius 1 is 1.20 bits per heavy atom. The van der Waals surface area contributed by atoms with Gasteiger partial charge in [-0.15, -0.1) is 0 Å². The van der Waals surface area contributed by atoms with Crippen LogP contribution in [0.25, 0.3) is 0 Å². The Morgan fingerprint density at radius 2 is 2.04 bits per heavy atom. The quantitative estimate of drug-likeness (QED) is 0.781. The highest BCUT2D eigenvalue weighted by Gasteiger charge is 2.23. The second-order valence-corrected chi connectivity index (χ2v) is 5.68. The number of hydrogen-bond donors (Lipinski definition) is 1. The van der Waals surface area contributed by atoms with Gasteiger partial charge < -0.3 is 19.9 Å². The molecule has 2 aromatic heterocycles. The summed E-state index contributed by atoms with van der Waals surface area (Å²) in [5.41, 5.74) is 0.404. The molecule has 1 fully saturated rings. The zero-order valence-corrected chi connectivity index (χ0v) is 14.3. The van der Waals surface area contributed by atoms with E-state index in [-0.39, 0.29) is 5.91 Å². The van der Waals surface area contributed by atoms with Gasteiger partial charge in [0, 0.05) is 52.1 Å². The topological polar surface area (TPSA) is 83.5 Å². The van der Waals surface area contributed by atoms with Crippen molar-refractivity contribution in [3.63, 3.8) is 0 Å². The molecule has 0 saturated carbocycles. The maximum atomic E-state index is 12.7. The van der Waals surface area contributed by atoms with Crippen LogP contribution in [-0.2, 0) is 4.74 Å². The highest BCUT2D eigenvalue weighted by molar-refractivity contribution is 5.93. The minimum atomic E-state index is -0.0714. The SMILES string of the molecule is COCCNc1cc(C(=O)N2CCN(c3ccccn3)CC2)ncn1. The van der Waals surface area contributed by atoms with E-state index in [4.69, 9.17) is 4.74 Å². The van der Waals surface area contributed by atoms with Crippen molar-refractivity contribution >= 4 is 17.5 Å². The second kappa shape index (κ2) is 8.39. The molecule has 25 heavy (non-hydrogen) atoms. The first kappa shape index (κ1) is 17.1. The molecular formula is C17H22N6O2. The van der Waals surface area contributed by atoms with Crippen molar-refractivity contribution in [1.29, 1.82) is 0 Å². The van der Waals surface area contributed by atoms with Crippen molar-refractivity contribution in [2.24, 2.45) is 0 Å². The van der Waals surface area contributed by atoms with Crippen molar-refractivity contribution < 1.29 is 9.53 Å². The van der Waals surface area contributed by atoms with Crippen LogP contribution in [0, 0.1) is 0 Å². The van der Waals surface area contributed by atoms with Gasteiger partial charge in [0.25, 0.3) is 5.91 Å². The van der Waals surface area contributed by atoms with Crippen LogP contribution in [0.1, 0.15) is 10.5 Å². The fourth-order valence-electron chi connectivity index (χ4n) is 2.69. The molecule has 3 rings (SSSR count). The van der Waals surface area contributed by atoms with E-state index in [1.54, 1.807) is 19.4 Å². The third kappa shape index (κ3) is 4.42. The monoisotopic (exact) mass is 342 g/mol. The van der Waals surface area contributed by atoms with Crippen LogP contribution in [0.15, 0.2) is 36.8 Å². The first-order valence-corrected chi connectivity index (χ1v) is 8.28. The van der Waals surface area contributed by atoms with E-state index < -0.39 is 0 Å². The minimum absolute atomic E-state index is 0.0714. The molecule has 0 aliphatic carbocycles. The molecule has 0 aromatic carbocycles. The molecule has 8 nitrogen and oxygen atoms in total. The molecule has 2 aromatic rings. The molecule has 0 spiro atoms. The standard InChI is InChI=1S/C17H22N6O2/c1-25-11-6-18-15-12-14(20-13-21-15)17(24)23-9-7-22(8-10-23)16-4-2-3-5-19-16/h2-5,12-13H,6-11H2,1H3,(H,18,20,21). The van der Waals surface area contributed by atoms with E-state index in [0.29, 0.717) is 37.8 Å². The van der Waals surface area contributed by atoms with Crippen LogP contribution in [0.4, 0.5) is 11.6 Å². The average Bonchev–Trinajstić information content (AvgIpc) is 2.69. The Labute approximate surface area is 146 Å². The van der Waals surface area contributed by atoms with E-state index in [1.165, 1.54) is 6.33 Å². The zero-order chi connectivity index (χ0) is 17.5. The van der Waals surface area contributed by atoms with E-state index in [0.717, 1.165) is 18.9 Å². The van der Waals surface area contributed by atoms with Crippen LogP contribution >= 0.6 is 0 Å². The van der Waals surface area contributed by atoms with Gasteiger partial charge in [0.05, 0.1) is 6.61 Å². The van der Waals surface area contributed by atoms with Gasteiger partial charge in [-0.3, -0.25) is 4.79 Å². The largest absolute Gasteiger partial charge is 0.383 e. The molecule has 1 amide bonds. The Kier molecular flexibility index (Phi) is 5.73. The molecule has 0 bridgehead atoms. The fourth-order valence-corrected chi connectivity index (χ4v) is 2.69. The lowest BCUT2D eigenvalue weighted by molar-refractivity contribution is 0.0740. The number of ether oxygens (including phenoxy) is 1. The number of hydrogen-bond acceptors (Lipinski definition) is 7. The lowest BCUT2D eigenvalue weighted by atomic mass is 10.2. The van der Waals surface area contributed by atoms with Gasteiger partial charge >= 0.3 is 0 Å². The molecule has 1 aliphatic rings. The maximum Gasteiger partial charge on any atom is 0.272 e. The first-order valence-electron chi connectivity index (χ1n) is 8.28. The van der Waals surface area contributed by atoms with Crippen molar-refractivity contribution in [2.45, 2.75) is 0 Å². The lowest BCUT2D eigenvalue weighted by Crippen LogP contribution is -2.49. The number of aromatic nitrogens is 3. The van der Waals surface area contributed by atoms with E-state index in [1.807, 2.05) is 23.1 Å². The summed E-state index contributed by atoms with van der Waals surface area (Å²) >= 11 is 0. The van der Waals surface area contributed by atoms with Crippen molar-refractivity contribution in [3.05, 3.63) is 42.5 Å². The summed E-state index contributed by atoms with van der Waals surface area (Å²) in [6.45, 7) is 4.00. The Hall–Kier alpha value is -2.74. The molecule has 8 heteroatoms. The van der Waals surface area contributed by atoms with Crippen LogP contribution in [0.2, 0.25) is 0 Å². The summed E-state index contributed by atoms with van der Waals surface area (Å²) < 4.78 is 4.99. The summed E-state index contributed by atoms with van der Waals surface area (Å²) in [7, 11) is 1.64. The van der Waals surface area contributed by atoms with Crippen molar-refractivity contribution in [3.8, 4) is 0 Å². The molecule has 0 atom stereocenters. The van der Waals surface area contributed by atoms with Gasteiger partial charge in [-0.1, -0.05) is 6.07 Å². The predicted octanol–water partition coefficient (Wildman–Crippen LogP) is 0.892. The number of rotatable bonds is 6. The lowest BCUT2D eigenvalue weighted by Gasteiger charge is -2.35. The summed E-state index contributed by atoms with van der Waals surface area (Å²) in [5, 5.41) is 3.11. The first-order chi connectivity index (χ1) is 12.3. The third-order valence-corrected chi connectivity index (χ3v) is 4.04. The second-order valence-electron chi connectivity index (χ2n) is 5.68. The summed E-state index contributed by atoms with van der Waals surface area (Å²) in [6, 6.07) is 7.54. The molecule has 1 N–H and O–H groups in total. The predicted molar refractivity (Wildman–Crippen MR) is 94.8 cm³/mol. The highest BCUT2D eigenvalue weighted by atomic mass is 16.5. The molecule has 0 unspecified atom stereocenters. The number of methoxy groups -OCH3 is 1. The number of carbonyl (C=O) groups is 1. The highest BCUT2D eigenvalue weighted by Crippen LogP contribution is 2.14.